The van der Waals surface area contributed by atoms with Gasteiger partial charge in [-0.3, -0.25) is 9.69 Å². The average Bonchev–Trinajstić information content (AvgIpc) is 3.15. The van der Waals surface area contributed by atoms with Crippen LogP contribution in [0.5, 0.6) is 5.75 Å². The standard InChI is InChI=1S/C25H34N2O3S/c1-25(2,3)19-6-10-21(11-7-19)30-20-8-4-18(5-9-20)22-16-31-23(26-22)15-27-13-17(14-27)12-24(28)29/h4-5,8-9,16-17,19,21H,6-7,10-15H2,1-3H3,(H,28,29). The number of thiazole rings is 1. The van der Waals surface area contributed by atoms with Gasteiger partial charge in [-0.2, -0.15) is 0 Å². The number of aliphatic carboxylic acids is 1. The van der Waals surface area contributed by atoms with E-state index in [1.165, 1.54) is 12.8 Å². The third kappa shape index (κ3) is 5.86. The first-order chi connectivity index (χ1) is 14.8. The number of hydrogen-bond donors (Lipinski definition) is 1. The van der Waals surface area contributed by atoms with Crippen molar-refractivity contribution < 1.29 is 14.6 Å². The minimum atomic E-state index is -0.703. The van der Waals surface area contributed by atoms with Gasteiger partial charge in [-0.05, 0) is 67.2 Å². The lowest BCUT2D eigenvalue weighted by Crippen LogP contribution is -2.46. The van der Waals surface area contributed by atoms with Crippen molar-refractivity contribution in [3.05, 3.63) is 34.7 Å². The quantitative estimate of drug-likeness (QED) is 0.596. The summed E-state index contributed by atoms with van der Waals surface area (Å²) >= 11 is 1.67. The zero-order valence-corrected chi connectivity index (χ0v) is 19.7. The molecule has 0 atom stereocenters. The molecule has 4 rings (SSSR count). The average molecular weight is 443 g/mol. The van der Waals surface area contributed by atoms with Crippen LogP contribution >= 0.6 is 11.3 Å². The summed E-state index contributed by atoms with van der Waals surface area (Å²) in [6.07, 6.45) is 5.39. The van der Waals surface area contributed by atoms with Crippen LogP contribution in [-0.2, 0) is 11.3 Å². The van der Waals surface area contributed by atoms with Crippen molar-refractivity contribution in [1.29, 1.82) is 0 Å². The minimum Gasteiger partial charge on any atom is -0.490 e. The Morgan fingerprint density at radius 2 is 1.84 bits per heavy atom. The Bertz CT molecular complexity index is 873. The molecule has 168 valence electrons. The summed E-state index contributed by atoms with van der Waals surface area (Å²) in [5.41, 5.74) is 2.51. The van der Waals surface area contributed by atoms with Crippen LogP contribution in [0.3, 0.4) is 0 Å². The molecule has 1 saturated heterocycles. The zero-order valence-electron chi connectivity index (χ0n) is 18.8. The van der Waals surface area contributed by atoms with Gasteiger partial charge < -0.3 is 9.84 Å². The van der Waals surface area contributed by atoms with Crippen LogP contribution in [0.2, 0.25) is 0 Å². The fourth-order valence-corrected chi connectivity index (χ4v) is 5.68. The number of carboxylic acid groups (broad SMARTS) is 1. The molecule has 6 heteroatoms. The van der Waals surface area contributed by atoms with Crippen LogP contribution in [0, 0.1) is 17.3 Å². The summed E-state index contributed by atoms with van der Waals surface area (Å²) in [5, 5.41) is 12.1. The van der Waals surface area contributed by atoms with Crippen LogP contribution in [-0.4, -0.2) is 40.2 Å². The molecule has 2 aromatic rings. The molecule has 1 aliphatic heterocycles. The van der Waals surface area contributed by atoms with Crippen molar-refractivity contribution in [2.24, 2.45) is 17.3 Å². The van der Waals surface area contributed by atoms with Gasteiger partial charge in [0, 0.05) is 24.0 Å². The summed E-state index contributed by atoms with van der Waals surface area (Å²) in [4.78, 5) is 17.8. The highest BCUT2D eigenvalue weighted by atomic mass is 32.1. The first-order valence-electron chi connectivity index (χ1n) is 11.4. The summed E-state index contributed by atoms with van der Waals surface area (Å²) < 4.78 is 6.26. The molecule has 2 fully saturated rings. The second-order valence-corrected chi connectivity index (χ2v) is 11.2. The van der Waals surface area contributed by atoms with Gasteiger partial charge in [0.1, 0.15) is 10.8 Å². The van der Waals surface area contributed by atoms with Crippen LogP contribution in [0.4, 0.5) is 0 Å². The monoisotopic (exact) mass is 442 g/mol. The number of likely N-dealkylation sites (tertiary alicyclic amines) is 1. The largest absolute Gasteiger partial charge is 0.490 e. The summed E-state index contributed by atoms with van der Waals surface area (Å²) in [6.45, 7) is 9.55. The van der Waals surface area contributed by atoms with E-state index in [0.717, 1.165) is 60.4 Å². The summed E-state index contributed by atoms with van der Waals surface area (Å²) in [6, 6.07) is 8.33. The molecule has 2 heterocycles. The Labute approximate surface area is 189 Å². The first kappa shape index (κ1) is 22.3. The normalized spacial score (nSPS) is 22.8. The molecule has 1 aromatic carbocycles. The van der Waals surface area contributed by atoms with Crippen molar-refractivity contribution in [2.75, 3.05) is 13.1 Å². The minimum absolute atomic E-state index is 0.270. The van der Waals surface area contributed by atoms with Gasteiger partial charge in [0.2, 0.25) is 0 Å². The fraction of sp³-hybridized carbons (Fsp3) is 0.600. The molecule has 1 aromatic heterocycles. The Balaban J connectivity index is 1.26. The maximum absolute atomic E-state index is 10.8. The highest BCUT2D eigenvalue weighted by Gasteiger charge is 2.31. The Morgan fingerprint density at radius 3 is 2.45 bits per heavy atom. The number of benzene rings is 1. The van der Waals surface area contributed by atoms with Gasteiger partial charge >= 0.3 is 5.97 Å². The third-order valence-electron chi connectivity index (χ3n) is 6.76. The molecular formula is C25H34N2O3S. The molecule has 0 bridgehead atoms. The van der Waals surface area contributed by atoms with E-state index in [2.05, 4.69) is 55.3 Å². The van der Waals surface area contributed by atoms with Gasteiger partial charge in [-0.15, -0.1) is 11.3 Å². The first-order valence-corrected chi connectivity index (χ1v) is 12.3. The smallest absolute Gasteiger partial charge is 0.303 e. The van der Waals surface area contributed by atoms with E-state index in [4.69, 9.17) is 14.8 Å². The molecule has 31 heavy (non-hydrogen) atoms. The van der Waals surface area contributed by atoms with Crippen molar-refractivity contribution in [3.63, 3.8) is 0 Å². The third-order valence-corrected chi connectivity index (χ3v) is 7.59. The van der Waals surface area contributed by atoms with Crippen molar-refractivity contribution in [2.45, 2.75) is 65.5 Å². The van der Waals surface area contributed by atoms with Gasteiger partial charge in [0.05, 0.1) is 24.8 Å². The number of nitrogens with zero attached hydrogens (tertiary/aromatic N) is 2. The molecule has 1 aliphatic carbocycles. The van der Waals surface area contributed by atoms with E-state index in [0.29, 0.717) is 11.5 Å². The molecule has 0 amide bonds. The lowest BCUT2D eigenvalue weighted by atomic mass is 9.72. The summed E-state index contributed by atoms with van der Waals surface area (Å²) in [7, 11) is 0. The molecule has 0 unspecified atom stereocenters. The van der Waals surface area contributed by atoms with Crippen molar-refractivity contribution in [1.82, 2.24) is 9.88 Å². The predicted octanol–water partition coefficient (Wildman–Crippen LogP) is 5.70. The molecule has 1 N–H and O–H groups in total. The second kappa shape index (κ2) is 9.29. The number of carbonyl (C=O) groups is 1. The maximum Gasteiger partial charge on any atom is 0.303 e. The van der Waals surface area contributed by atoms with Crippen LogP contribution in [0.25, 0.3) is 11.3 Å². The Morgan fingerprint density at radius 1 is 1.16 bits per heavy atom. The highest BCUT2D eigenvalue weighted by Crippen LogP contribution is 2.39. The van der Waals surface area contributed by atoms with Gasteiger partial charge in [-0.1, -0.05) is 20.8 Å². The molecule has 5 nitrogen and oxygen atoms in total. The van der Waals surface area contributed by atoms with E-state index >= 15 is 0 Å². The molecule has 0 radical (unpaired) electrons. The van der Waals surface area contributed by atoms with Crippen molar-refractivity contribution in [3.8, 4) is 17.0 Å². The maximum atomic E-state index is 10.8. The van der Waals surface area contributed by atoms with E-state index in [9.17, 15) is 4.79 Å². The van der Waals surface area contributed by atoms with E-state index in [1.54, 1.807) is 11.3 Å². The molecule has 0 spiro atoms. The summed E-state index contributed by atoms with van der Waals surface area (Å²) in [5.74, 6) is 1.33. The molecular weight excluding hydrogens is 408 g/mol. The number of ether oxygens (including phenoxy) is 1. The van der Waals surface area contributed by atoms with Gasteiger partial charge in [0.25, 0.3) is 0 Å². The van der Waals surface area contributed by atoms with Crippen molar-refractivity contribution >= 4 is 17.3 Å². The second-order valence-electron chi connectivity index (χ2n) is 10.3. The zero-order chi connectivity index (χ0) is 22.0. The number of aromatic nitrogens is 1. The van der Waals surface area contributed by atoms with E-state index < -0.39 is 5.97 Å². The lowest BCUT2D eigenvalue weighted by molar-refractivity contribution is -0.139. The number of rotatable bonds is 7. The van der Waals surface area contributed by atoms with Gasteiger partial charge in [0.15, 0.2) is 0 Å². The lowest BCUT2D eigenvalue weighted by Gasteiger charge is -2.37. The Hall–Kier alpha value is -1.92. The van der Waals surface area contributed by atoms with E-state index in [1.807, 2.05) is 0 Å². The van der Waals surface area contributed by atoms with Crippen LogP contribution in [0.15, 0.2) is 29.6 Å². The topological polar surface area (TPSA) is 62.7 Å². The van der Waals surface area contributed by atoms with E-state index in [-0.39, 0.29) is 12.3 Å². The predicted molar refractivity (Wildman–Crippen MR) is 124 cm³/mol. The molecule has 2 aliphatic rings. The number of hydrogen-bond acceptors (Lipinski definition) is 5. The van der Waals surface area contributed by atoms with Crippen LogP contribution in [0.1, 0.15) is 57.9 Å². The number of carboxylic acids is 1. The van der Waals surface area contributed by atoms with Crippen LogP contribution < -0.4 is 4.74 Å². The van der Waals surface area contributed by atoms with Gasteiger partial charge in [-0.25, -0.2) is 4.98 Å². The Kier molecular flexibility index (Phi) is 6.68. The fourth-order valence-electron chi connectivity index (χ4n) is 4.83. The SMILES string of the molecule is CC(C)(C)C1CCC(Oc2ccc(-c3csc(CN4CC(CC(=O)O)C4)n3)cc2)CC1. The highest BCUT2D eigenvalue weighted by molar-refractivity contribution is 7.09. The molecule has 1 saturated carbocycles.